The van der Waals surface area contributed by atoms with Gasteiger partial charge in [-0.05, 0) is 43.3 Å². The summed E-state index contributed by atoms with van der Waals surface area (Å²) in [4.78, 5) is 35.6. The number of carbonyl (C=O) groups excluding carboxylic acids is 3. The van der Waals surface area contributed by atoms with Gasteiger partial charge in [0, 0.05) is 5.69 Å². The fourth-order valence-electron chi connectivity index (χ4n) is 2.54. The number of ether oxygens (including phenoxy) is 3. The summed E-state index contributed by atoms with van der Waals surface area (Å²) in [5.41, 5.74) is 0.749. The Labute approximate surface area is 161 Å². The van der Waals surface area contributed by atoms with Crippen molar-refractivity contribution in [3.8, 4) is 11.5 Å². The first-order chi connectivity index (χ1) is 13.6. The Hall–Kier alpha value is -3.55. The molecule has 0 unspecified atom stereocenters. The molecule has 8 nitrogen and oxygen atoms in total. The first kappa shape index (κ1) is 19.2. The summed E-state index contributed by atoms with van der Waals surface area (Å²) in [5.74, 6) is -0.819. The zero-order valence-corrected chi connectivity index (χ0v) is 15.3. The van der Waals surface area contributed by atoms with Gasteiger partial charge < -0.3 is 24.8 Å². The van der Waals surface area contributed by atoms with Gasteiger partial charge in [-0.1, -0.05) is 12.1 Å². The quantitative estimate of drug-likeness (QED) is 0.602. The molecule has 0 spiro atoms. The number of anilines is 1. The van der Waals surface area contributed by atoms with Crippen molar-refractivity contribution in [2.45, 2.75) is 13.0 Å². The molecule has 2 aromatic carbocycles. The average molecular weight is 384 g/mol. The highest BCUT2D eigenvalue weighted by atomic mass is 16.6. The van der Waals surface area contributed by atoms with Gasteiger partial charge in [-0.25, -0.2) is 4.79 Å². The number of nitrogens with one attached hydrogen (secondary N) is 2. The molecule has 1 atom stereocenters. The highest BCUT2D eigenvalue weighted by Crippen LogP contribution is 2.30. The highest BCUT2D eigenvalue weighted by Gasteiger charge is 2.22. The molecule has 0 fully saturated rings. The lowest BCUT2D eigenvalue weighted by atomic mass is 10.2. The topological polar surface area (TPSA) is 103 Å². The molecule has 0 saturated carbocycles. The van der Waals surface area contributed by atoms with Gasteiger partial charge in [-0.15, -0.1) is 0 Å². The summed E-state index contributed by atoms with van der Waals surface area (Å²) < 4.78 is 16.2. The minimum absolute atomic E-state index is 0.127. The van der Waals surface area contributed by atoms with Crippen LogP contribution in [0.4, 0.5) is 5.69 Å². The van der Waals surface area contributed by atoms with Gasteiger partial charge in [0.1, 0.15) is 12.7 Å². The molecule has 0 aliphatic carbocycles. The molecule has 2 aromatic rings. The number of fused-ring (bicyclic) bond motifs is 1. The van der Waals surface area contributed by atoms with E-state index in [0.29, 0.717) is 22.7 Å². The lowest BCUT2D eigenvalue weighted by Crippen LogP contribution is -2.44. The molecule has 8 heteroatoms. The van der Waals surface area contributed by atoms with Crippen LogP contribution < -0.4 is 20.1 Å². The Balaban J connectivity index is 1.47. The molecule has 146 valence electrons. The summed E-state index contributed by atoms with van der Waals surface area (Å²) in [6.07, 6.45) is -0.393. The average Bonchev–Trinajstić information content (AvgIpc) is 2.72. The van der Waals surface area contributed by atoms with Crippen molar-refractivity contribution in [1.29, 1.82) is 0 Å². The van der Waals surface area contributed by atoms with E-state index < -0.39 is 23.9 Å². The molecule has 0 saturated heterocycles. The number of esters is 1. The normalized spacial score (nSPS) is 14.7. The van der Waals surface area contributed by atoms with Crippen molar-refractivity contribution in [2.24, 2.45) is 0 Å². The smallest absolute Gasteiger partial charge is 0.338 e. The lowest BCUT2D eigenvalue weighted by molar-refractivity contribution is -0.136. The second kappa shape index (κ2) is 8.90. The number of para-hydroxylation sites is 2. The molecule has 1 heterocycles. The summed E-state index contributed by atoms with van der Waals surface area (Å²) >= 11 is 0. The van der Waals surface area contributed by atoms with Crippen LogP contribution in [-0.4, -0.2) is 43.6 Å². The first-order valence-electron chi connectivity index (χ1n) is 8.81. The van der Waals surface area contributed by atoms with E-state index in [9.17, 15) is 14.4 Å². The Morgan fingerprint density at radius 1 is 1.04 bits per heavy atom. The van der Waals surface area contributed by atoms with Crippen LogP contribution in [0.3, 0.4) is 0 Å². The van der Waals surface area contributed by atoms with E-state index in [0.717, 1.165) is 0 Å². The summed E-state index contributed by atoms with van der Waals surface area (Å²) in [7, 11) is 0. The van der Waals surface area contributed by atoms with Gasteiger partial charge >= 0.3 is 17.8 Å². The van der Waals surface area contributed by atoms with E-state index in [4.69, 9.17) is 14.2 Å². The van der Waals surface area contributed by atoms with Crippen LogP contribution in [0.2, 0.25) is 0 Å². The summed E-state index contributed by atoms with van der Waals surface area (Å²) in [6, 6.07) is 13.3. The van der Waals surface area contributed by atoms with Crippen molar-refractivity contribution < 1.29 is 28.6 Å². The molecule has 2 N–H and O–H groups in total. The predicted molar refractivity (Wildman–Crippen MR) is 100 cm³/mol. The number of amides is 2. The third kappa shape index (κ3) is 4.79. The van der Waals surface area contributed by atoms with E-state index in [1.807, 2.05) is 12.1 Å². The fraction of sp³-hybridized carbons (Fsp3) is 0.250. The molecule has 1 aliphatic rings. The van der Waals surface area contributed by atoms with Crippen LogP contribution in [0.15, 0.2) is 48.5 Å². The third-order valence-corrected chi connectivity index (χ3v) is 3.92. The number of hydrogen-bond acceptors (Lipinski definition) is 6. The standard InChI is InChI=1S/C20H20N2O6/c1-2-26-20(25)13-7-9-14(10-8-13)22-19(24)18(23)21-11-15-12-27-16-5-3-4-6-17(16)28-15/h3-10,15H,2,11-12H2,1H3,(H,21,23)(H,22,24)/t15-/m0/s1. The van der Waals surface area contributed by atoms with Crippen molar-refractivity contribution in [3.05, 3.63) is 54.1 Å². The van der Waals surface area contributed by atoms with Crippen molar-refractivity contribution in [3.63, 3.8) is 0 Å². The zero-order valence-electron chi connectivity index (χ0n) is 15.3. The summed E-state index contributed by atoms with van der Waals surface area (Å²) in [6.45, 7) is 2.39. The van der Waals surface area contributed by atoms with Crippen LogP contribution >= 0.6 is 0 Å². The van der Waals surface area contributed by atoms with E-state index >= 15 is 0 Å². The first-order valence-corrected chi connectivity index (χ1v) is 8.81. The number of rotatable bonds is 5. The van der Waals surface area contributed by atoms with E-state index in [1.54, 1.807) is 19.1 Å². The maximum atomic E-state index is 12.0. The Kier molecular flexibility index (Phi) is 6.11. The SMILES string of the molecule is CCOC(=O)c1ccc(NC(=O)C(=O)NC[C@H]2COc3ccccc3O2)cc1. The molecule has 2 amide bonds. The second-order valence-electron chi connectivity index (χ2n) is 5.96. The Morgan fingerprint density at radius 3 is 2.46 bits per heavy atom. The maximum Gasteiger partial charge on any atom is 0.338 e. The van der Waals surface area contributed by atoms with E-state index in [2.05, 4.69) is 10.6 Å². The Bertz CT molecular complexity index is 865. The summed E-state index contributed by atoms with van der Waals surface area (Å²) in [5, 5.41) is 4.99. The number of carbonyl (C=O) groups is 3. The molecule has 3 rings (SSSR count). The molecule has 0 bridgehead atoms. The number of hydrogen-bond donors (Lipinski definition) is 2. The molecule has 0 aromatic heterocycles. The van der Waals surface area contributed by atoms with Gasteiger partial charge in [0.05, 0.1) is 18.7 Å². The van der Waals surface area contributed by atoms with Gasteiger partial charge in [0.25, 0.3) is 0 Å². The second-order valence-corrected chi connectivity index (χ2v) is 5.96. The minimum atomic E-state index is -0.819. The van der Waals surface area contributed by atoms with Crippen LogP contribution in [0.25, 0.3) is 0 Å². The molecular weight excluding hydrogens is 364 g/mol. The molecule has 0 radical (unpaired) electrons. The largest absolute Gasteiger partial charge is 0.486 e. The van der Waals surface area contributed by atoms with Crippen LogP contribution in [0.1, 0.15) is 17.3 Å². The highest BCUT2D eigenvalue weighted by molar-refractivity contribution is 6.39. The van der Waals surface area contributed by atoms with Gasteiger partial charge in [-0.3, -0.25) is 9.59 Å². The van der Waals surface area contributed by atoms with Gasteiger partial charge in [0.15, 0.2) is 11.5 Å². The maximum absolute atomic E-state index is 12.0. The molecule has 28 heavy (non-hydrogen) atoms. The predicted octanol–water partition coefficient (Wildman–Crippen LogP) is 1.76. The van der Waals surface area contributed by atoms with Crippen LogP contribution in [0.5, 0.6) is 11.5 Å². The van der Waals surface area contributed by atoms with Crippen LogP contribution in [0, 0.1) is 0 Å². The Morgan fingerprint density at radius 2 is 1.75 bits per heavy atom. The third-order valence-electron chi connectivity index (χ3n) is 3.92. The number of benzene rings is 2. The van der Waals surface area contributed by atoms with Crippen molar-refractivity contribution in [2.75, 3.05) is 25.1 Å². The lowest BCUT2D eigenvalue weighted by Gasteiger charge is -2.26. The van der Waals surface area contributed by atoms with Gasteiger partial charge in [-0.2, -0.15) is 0 Å². The zero-order chi connectivity index (χ0) is 19.9. The van der Waals surface area contributed by atoms with Crippen molar-refractivity contribution in [1.82, 2.24) is 5.32 Å². The van der Waals surface area contributed by atoms with Gasteiger partial charge in [0.2, 0.25) is 0 Å². The van der Waals surface area contributed by atoms with E-state index in [-0.39, 0.29) is 19.8 Å². The molecular formula is C20H20N2O6. The fourth-order valence-corrected chi connectivity index (χ4v) is 2.54. The van der Waals surface area contributed by atoms with Crippen molar-refractivity contribution >= 4 is 23.5 Å². The molecule has 1 aliphatic heterocycles. The van der Waals surface area contributed by atoms with Crippen LogP contribution in [-0.2, 0) is 14.3 Å². The monoisotopic (exact) mass is 384 g/mol. The minimum Gasteiger partial charge on any atom is -0.486 e. The van der Waals surface area contributed by atoms with E-state index in [1.165, 1.54) is 24.3 Å².